The summed E-state index contributed by atoms with van der Waals surface area (Å²) in [5.74, 6) is -0.0328. The quantitative estimate of drug-likeness (QED) is 0.807. The predicted octanol–water partition coefficient (Wildman–Crippen LogP) is 5.28. The van der Waals surface area contributed by atoms with Gasteiger partial charge in [0, 0.05) is 10.7 Å². The van der Waals surface area contributed by atoms with Crippen molar-refractivity contribution in [3.63, 3.8) is 0 Å². The van der Waals surface area contributed by atoms with E-state index in [1.807, 2.05) is 18.2 Å². The first kappa shape index (κ1) is 16.9. The number of carbonyl (C=O) groups excluding carboxylic acids is 1. The van der Waals surface area contributed by atoms with Gasteiger partial charge in [0.1, 0.15) is 0 Å². The second-order valence-electron chi connectivity index (χ2n) is 4.72. The molecular weight excluding hydrogens is 345 g/mol. The molecule has 0 aliphatic heterocycles. The highest BCUT2D eigenvalue weighted by molar-refractivity contribution is 6.42. The molecule has 6 heteroatoms. The van der Waals surface area contributed by atoms with Gasteiger partial charge >= 0.3 is 0 Å². The molecule has 0 radical (unpaired) electrons. The monoisotopic (exact) mass is 357 g/mol. The highest BCUT2D eigenvalue weighted by atomic mass is 35.5. The van der Waals surface area contributed by atoms with Crippen molar-refractivity contribution in [2.45, 2.75) is 13.8 Å². The van der Waals surface area contributed by atoms with E-state index in [9.17, 15) is 4.79 Å². The van der Waals surface area contributed by atoms with E-state index in [0.29, 0.717) is 31.9 Å². The summed E-state index contributed by atoms with van der Waals surface area (Å²) in [4.78, 5) is 11.9. The lowest BCUT2D eigenvalue weighted by Gasteiger charge is -2.15. The molecule has 0 atom stereocenters. The SMILES string of the molecule is Cc1c(Cl)c(C)c(Cl)c(OCC(=O)Nc2ccccc2)c1Cl. The molecule has 2 aromatic carbocycles. The van der Waals surface area contributed by atoms with Crippen molar-refractivity contribution < 1.29 is 9.53 Å². The summed E-state index contributed by atoms with van der Waals surface area (Å²) >= 11 is 18.5. The number of amides is 1. The summed E-state index contributed by atoms with van der Waals surface area (Å²) in [6.45, 7) is 3.34. The van der Waals surface area contributed by atoms with E-state index in [4.69, 9.17) is 39.5 Å². The maximum absolute atomic E-state index is 11.9. The Labute approximate surface area is 144 Å². The third kappa shape index (κ3) is 3.67. The minimum atomic E-state index is -0.302. The third-order valence-corrected chi connectivity index (χ3v) is 4.60. The number of carbonyl (C=O) groups is 1. The van der Waals surface area contributed by atoms with Crippen molar-refractivity contribution in [2.24, 2.45) is 0 Å². The number of benzene rings is 2. The molecule has 0 heterocycles. The van der Waals surface area contributed by atoms with E-state index in [1.54, 1.807) is 26.0 Å². The summed E-state index contributed by atoms with van der Waals surface area (Å²) in [7, 11) is 0. The molecule has 0 fully saturated rings. The Hall–Kier alpha value is -1.42. The van der Waals surface area contributed by atoms with E-state index in [0.717, 1.165) is 0 Å². The maximum Gasteiger partial charge on any atom is 0.262 e. The first-order chi connectivity index (χ1) is 10.4. The van der Waals surface area contributed by atoms with Crippen molar-refractivity contribution in [3.05, 3.63) is 56.5 Å². The molecule has 1 N–H and O–H groups in total. The van der Waals surface area contributed by atoms with Crippen molar-refractivity contribution in [1.82, 2.24) is 0 Å². The van der Waals surface area contributed by atoms with Crippen LogP contribution in [0.15, 0.2) is 30.3 Å². The molecule has 116 valence electrons. The van der Waals surface area contributed by atoms with Crippen LogP contribution < -0.4 is 10.1 Å². The Balaban J connectivity index is 2.10. The fourth-order valence-corrected chi connectivity index (χ4v) is 2.72. The highest BCUT2D eigenvalue weighted by Gasteiger charge is 2.18. The zero-order valence-corrected chi connectivity index (χ0v) is 14.3. The topological polar surface area (TPSA) is 38.3 Å². The van der Waals surface area contributed by atoms with Gasteiger partial charge in [0.25, 0.3) is 5.91 Å². The van der Waals surface area contributed by atoms with Crippen molar-refractivity contribution in [3.8, 4) is 5.75 Å². The third-order valence-electron chi connectivity index (χ3n) is 3.12. The lowest BCUT2D eigenvalue weighted by atomic mass is 10.1. The zero-order chi connectivity index (χ0) is 16.3. The number of hydrogen-bond donors (Lipinski definition) is 1. The highest BCUT2D eigenvalue weighted by Crippen LogP contribution is 2.42. The first-order valence-corrected chi connectivity index (χ1v) is 7.66. The Bertz CT molecular complexity index is 673. The van der Waals surface area contributed by atoms with Gasteiger partial charge in [-0.3, -0.25) is 4.79 Å². The van der Waals surface area contributed by atoms with Gasteiger partial charge in [-0.2, -0.15) is 0 Å². The average molecular weight is 359 g/mol. The van der Waals surface area contributed by atoms with E-state index in [1.165, 1.54) is 0 Å². The van der Waals surface area contributed by atoms with Crippen LogP contribution in [0.3, 0.4) is 0 Å². The van der Waals surface area contributed by atoms with Crippen LogP contribution in [-0.4, -0.2) is 12.5 Å². The zero-order valence-electron chi connectivity index (χ0n) is 12.0. The molecule has 2 rings (SSSR count). The molecule has 0 saturated carbocycles. The molecule has 2 aromatic rings. The van der Waals surface area contributed by atoms with Crippen molar-refractivity contribution in [2.75, 3.05) is 11.9 Å². The minimum absolute atomic E-state index is 0.200. The fourth-order valence-electron chi connectivity index (χ4n) is 1.89. The van der Waals surface area contributed by atoms with Crippen molar-refractivity contribution >= 4 is 46.4 Å². The Morgan fingerprint density at radius 1 is 1.00 bits per heavy atom. The van der Waals surface area contributed by atoms with Gasteiger partial charge in [-0.05, 0) is 37.1 Å². The number of hydrogen-bond acceptors (Lipinski definition) is 2. The summed E-state index contributed by atoms with van der Waals surface area (Å²) in [6, 6.07) is 9.10. The molecule has 0 aliphatic carbocycles. The Morgan fingerprint density at radius 2 is 1.55 bits per heavy atom. The molecule has 0 aliphatic rings. The summed E-state index contributed by atoms with van der Waals surface area (Å²) in [5.41, 5.74) is 2.03. The summed E-state index contributed by atoms with van der Waals surface area (Å²) < 4.78 is 5.48. The lowest BCUT2D eigenvalue weighted by molar-refractivity contribution is -0.118. The maximum atomic E-state index is 11.9. The van der Waals surface area contributed by atoms with Crippen LogP contribution in [0.4, 0.5) is 5.69 Å². The molecule has 0 spiro atoms. The molecular formula is C16H14Cl3NO2. The lowest BCUT2D eigenvalue weighted by Crippen LogP contribution is -2.20. The van der Waals surface area contributed by atoms with Gasteiger partial charge in [-0.15, -0.1) is 0 Å². The molecule has 0 bridgehead atoms. The van der Waals surface area contributed by atoms with Crippen LogP contribution in [0.5, 0.6) is 5.75 Å². The number of para-hydroxylation sites is 1. The molecule has 3 nitrogen and oxygen atoms in total. The normalized spacial score (nSPS) is 10.4. The molecule has 0 aromatic heterocycles. The molecule has 1 amide bonds. The van der Waals surface area contributed by atoms with Gasteiger partial charge in [0.15, 0.2) is 12.4 Å². The van der Waals surface area contributed by atoms with Gasteiger partial charge in [-0.1, -0.05) is 53.0 Å². The molecule has 22 heavy (non-hydrogen) atoms. The van der Waals surface area contributed by atoms with E-state index < -0.39 is 0 Å². The van der Waals surface area contributed by atoms with Crippen LogP contribution in [0.2, 0.25) is 15.1 Å². The molecule has 0 unspecified atom stereocenters. The Morgan fingerprint density at radius 3 is 2.09 bits per heavy atom. The van der Waals surface area contributed by atoms with Gasteiger partial charge < -0.3 is 10.1 Å². The largest absolute Gasteiger partial charge is 0.481 e. The predicted molar refractivity (Wildman–Crippen MR) is 91.5 cm³/mol. The van der Waals surface area contributed by atoms with E-state index in [-0.39, 0.29) is 18.3 Å². The van der Waals surface area contributed by atoms with E-state index in [2.05, 4.69) is 5.32 Å². The average Bonchev–Trinajstić information content (AvgIpc) is 2.52. The fraction of sp³-hybridized carbons (Fsp3) is 0.188. The standard InChI is InChI=1S/C16H14Cl3NO2/c1-9-13(17)10(2)15(19)16(14(9)18)22-8-12(21)20-11-6-4-3-5-7-11/h3-7H,8H2,1-2H3,(H,20,21). The number of halogens is 3. The van der Waals surface area contributed by atoms with Crippen LogP contribution in [0.25, 0.3) is 0 Å². The number of nitrogens with one attached hydrogen (secondary N) is 1. The first-order valence-electron chi connectivity index (χ1n) is 6.53. The minimum Gasteiger partial charge on any atom is -0.481 e. The van der Waals surface area contributed by atoms with Gasteiger partial charge in [0.05, 0.1) is 10.0 Å². The second-order valence-corrected chi connectivity index (χ2v) is 5.86. The van der Waals surface area contributed by atoms with Gasteiger partial charge in [0.2, 0.25) is 0 Å². The Kier molecular flexibility index (Phi) is 5.57. The van der Waals surface area contributed by atoms with Crippen molar-refractivity contribution in [1.29, 1.82) is 0 Å². The number of ether oxygens (including phenoxy) is 1. The second kappa shape index (κ2) is 7.23. The summed E-state index contributed by atoms with van der Waals surface area (Å²) in [5, 5.41) is 3.84. The van der Waals surface area contributed by atoms with Crippen LogP contribution >= 0.6 is 34.8 Å². The van der Waals surface area contributed by atoms with Gasteiger partial charge in [-0.25, -0.2) is 0 Å². The van der Waals surface area contributed by atoms with Crippen LogP contribution in [0.1, 0.15) is 11.1 Å². The van der Waals surface area contributed by atoms with E-state index >= 15 is 0 Å². The number of anilines is 1. The number of rotatable bonds is 4. The molecule has 0 saturated heterocycles. The smallest absolute Gasteiger partial charge is 0.262 e. The van der Waals surface area contributed by atoms with Crippen LogP contribution in [0, 0.1) is 13.8 Å². The van der Waals surface area contributed by atoms with Crippen LogP contribution in [-0.2, 0) is 4.79 Å². The summed E-state index contributed by atoms with van der Waals surface area (Å²) in [6.07, 6.45) is 0.